The van der Waals surface area contributed by atoms with Crippen molar-refractivity contribution in [3.8, 4) is 11.1 Å². The molecule has 0 bridgehead atoms. The summed E-state index contributed by atoms with van der Waals surface area (Å²) in [6.45, 7) is 41.2. The molecule has 2 aromatic rings. The first kappa shape index (κ1) is 38.9. The molecule has 0 aromatic heterocycles. The Kier molecular flexibility index (Phi) is 12.2. The molecule has 0 N–H and O–H groups in total. The van der Waals surface area contributed by atoms with Gasteiger partial charge < -0.3 is 0 Å². The predicted octanol–water partition coefficient (Wildman–Crippen LogP) is 12.4. The first-order valence-corrected chi connectivity index (χ1v) is 18.0. The summed E-state index contributed by atoms with van der Waals surface area (Å²) in [5, 5.41) is 0. The van der Waals surface area contributed by atoms with Crippen LogP contribution in [0.2, 0.25) is 0 Å². The molecule has 0 aliphatic heterocycles. The predicted molar refractivity (Wildman–Crippen MR) is 194 cm³/mol. The van der Waals surface area contributed by atoms with Crippen LogP contribution in [0.25, 0.3) is 11.1 Å². The van der Waals surface area contributed by atoms with E-state index in [2.05, 4.69) is 167 Å². The molecule has 0 nitrogen and oxygen atoms in total. The molecule has 0 fully saturated rings. The fourth-order valence-electron chi connectivity index (χ4n) is 5.84. The molecule has 0 amide bonds. The van der Waals surface area contributed by atoms with Crippen molar-refractivity contribution < 1.29 is 24.2 Å². The van der Waals surface area contributed by atoms with Crippen LogP contribution in [0.3, 0.4) is 0 Å². The molecule has 0 heterocycles. The quantitative estimate of drug-likeness (QED) is 0.226. The van der Waals surface area contributed by atoms with Gasteiger partial charge in [-0.15, -0.1) is 16.7 Å². The van der Waals surface area contributed by atoms with E-state index in [1.807, 2.05) is 0 Å². The monoisotopic (exact) mass is 670 g/mol. The van der Waals surface area contributed by atoms with Gasteiger partial charge in [-0.3, -0.25) is 6.08 Å². The summed E-state index contributed by atoms with van der Waals surface area (Å²) in [5.74, 6) is 0.573. The van der Waals surface area contributed by atoms with Crippen LogP contribution in [0.5, 0.6) is 0 Å². The maximum absolute atomic E-state index is 3.90. The van der Waals surface area contributed by atoms with Gasteiger partial charge in [0.2, 0.25) is 0 Å². The standard InChI is InChI=1S/C29H41.C11H17.C3H6.Zr/c1-26(2,3)22-14-18-13-19-15-23(27(4,5)6)25(29(10,11)12)17-21(19)20(18)16-24(22)28(7,8)9;1-5-9-6-7-10(8-9)11(2,3)4;1-3-2;/h14,16-17H,13H2,1-12H3;7-9H,5H2,1-4H3;1-2H3;/q2*-1;;+2. The van der Waals surface area contributed by atoms with Crippen molar-refractivity contribution in [2.45, 2.75) is 159 Å². The van der Waals surface area contributed by atoms with Gasteiger partial charge in [0, 0.05) is 0 Å². The Labute approximate surface area is 288 Å². The number of fused-ring (bicyclic) bond motifs is 3. The second-order valence-corrected chi connectivity index (χ2v) is 20.8. The molecular formula is C43H64Zr. The second-order valence-electron chi connectivity index (χ2n) is 18.4. The van der Waals surface area contributed by atoms with Crippen LogP contribution in [0.1, 0.15) is 164 Å². The van der Waals surface area contributed by atoms with Gasteiger partial charge in [0.15, 0.2) is 0 Å². The summed E-state index contributed by atoms with van der Waals surface area (Å²) in [7, 11) is 0. The molecule has 2 aliphatic carbocycles. The summed E-state index contributed by atoms with van der Waals surface area (Å²) in [6, 6.07) is 11.4. The van der Waals surface area contributed by atoms with Gasteiger partial charge >= 0.3 is 41.3 Å². The molecule has 44 heavy (non-hydrogen) atoms. The Balaban J connectivity index is 0.000000371. The average Bonchev–Trinajstić information content (AvgIpc) is 3.44. The third-order valence-electron chi connectivity index (χ3n) is 8.37. The molecule has 240 valence electrons. The van der Waals surface area contributed by atoms with Crippen molar-refractivity contribution in [1.29, 1.82) is 0 Å². The van der Waals surface area contributed by atoms with E-state index in [9.17, 15) is 0 Å². The summed E-state index contributed by atoms with van der Waals surface area (Å²) >= 11 is 1.55. The summed E-state index contributed by atoms with van der Waals surface area (Å²) in [6.07, 6.45) is 10.0. The zero-order chi connectivity index (χ0) is 34.2. The van der Waals surface area contributed by atoms with Gasteiger partial charge in [0.05, 0.1) is 0 Å². The third-order valence-corrected chi connectivity index (χ3v) is 8.37. The number of benzene rings is 2. The van der Waals surface area contributed by atoms with Crippen molar-refractivity contribution in [3.63, 3.8) is 0 Å². The van der Waals surface area contributed by atoms with Gasteiger partial charge in [0.25, 0.3) is 0 Å². The number of hydrogen-bond donors (Lipinski definition) is 0. The summed E-state index contributed by atoms with van der Waals surface area (Å²) in [4.78, 5) is 0. The third kappa shape index (κ3) is 10.1. The van der Waals surface area contributed by atoms with Gasteiger partial charge in [-0.05, 0) is 39.4 Å². The Morgan fingerprint density at radius 3 is 1.50 bits per heavy atom. The molecule has 1 unspecified atom stereocenters. The summed E-state index contributed by atoms with van der Waals surface area (Å²) in [5.41, 5.74) is 13.7. The van der Waals surface area contributed by atoms with E-state index >= 15 is 0 Å². The van der Waals surface area contributed by atoms with Crippen LogP contribution >= 0.6 is 0 Å². The minimum atomic E-state index is 0.0968. The topological polar surface area (TPSA) is 0 Å². The van der Waals surface area contributed by atoms with Crippen LogP contribution < -0.4 is 0 Å². The minimum absolute atomic E-state index is 0.0968. The van der Waals surface area contributed by atoms with Gasteiger partial charge in [0.1, 0.15) is 0 Å². The zero-order valence-corrected chi connectivity index (χ0v) is 34.3. The van der Waals surface area contributed by atoms with E-state index < -0.39 is 0 Å². The zero-order valence-electron chi connectivity index (χ0n) is 31.9. The van der Waals surface area contributed by atoms with Crippen LogP contribution in [0, 0.1) is 23.5 Å². The van der Waals surface area contributed by atoms with E-state index in [0.29, 0.717) is 11.3 Å². The first-order chi connectivity index (χ1) is 19.7. The normalized spacial score (nSPS) is 16.4. The molecule has 0 spiro atoms. The fourth-order valence-corrected chi connectivity index (χ4v) is 5.84. The van der Waals surface area contributed by atoms with Crippen molar-refractivity contribution >= 4 is 3.21 Å². The maximum atomic E-state index is 3.90. The van der Waals surface area contributed by atoms with E-state index in [1.54, 1.807) is 24.2 Å². The number of allylic oxidation sites excluding steroid dienone is 4. The van der Waals surface area contributed by atoms with Gasteiger partial charge in [-0.1, -0.05) is 152 Å². The molecule has 0 saturated carbocycles. The van der Waals surface area contributed by atoms with Gasteiger partial charge in [-0.2, -0.15) is 29.3 Å². The Morgan fingerprint density at radius 1 is 0.682 bits per heavy atom. The molecule has 0 saturated heterocycles. The SMILES string of the molecule is CC(C)(C)c1[c-]c2c(cc1C(C)(C)C)-c1cc(C(C)(C)C)c(C(C)(C)C)cc1C2.CCC1[C-]=CC(C(C)(C)C)=C1.C[C](C)=[Zr+2]. The van der Waals surface area contributed by atoms with E-state index in [1.165, 1.54) is 59.7 Å². The van der Waals surface area contributed by atoms with Gasteiger partial charge in [-0.25, -0.2) is 6.08 Å². The molecular weight excluding hydrogens is 608 g/mol. The van der Waals surface area contributed by atoms with Crippen molar-refractivity contribution in [2.24, 2.45) is 11.3 Å². The molecule has 4 rings (SSSR count). The Bertz CT molecular complexity index is 1310. The van der Waals surface area contributed by atoms with Crippen molar-refractivity contribution in [2.75, 3.05) is 0 Å². The molecule has 2 aromatic carbocycles. The molecule has 2 aliphatic rings. The second kappa shape index (κ2) is 13.8. The van der Waals surface area contributed by atoms with Crippen LogP contribution in [0.15, 0.2) is 35.9 Å². The van der Waals surface area contributed by atoms with E-state index in [4.69, 9.17) is 0 Å². The van der Waals surface area contributed by atoms with Crippen LogP contribution in [-0.2, 0) is 52.3 Å². The molecule has 1 atom stereocenters. The number of rotatable bonds is 1. The van der Waals surface area contributed by atoms with Crippen molar-refractivity contribution in [1.82, 2.24) is 0 Å². The molecule has 1 heteroatoms. The fraction of sp³-hybridized carbons (Fsp3) is 0.605. The Hall–Kier alpha value is -1.33. The van der Waals surface area contributed by atoms with Crippen LogP contribution in [-0.4, -0.2) is 3.21 Å². The first-order valence-electron chi connectivity index (χ1n) is 16.8. The average molecular weight is 672 g/mol. The number of hydrogen-bond acceptors (Lipinski definition) is 0. The van der Waals surface area contributed by atoms with Crippen molar-refractivity contribution in [3.05, 3.63) is 81.4 Å². The Morgan fingerprint density at radius 2 is 1.14 bits per heavy atom. The van der Waals surface area contributed by atoms with E-state index in [0.717, 1.165) is 6.42 Å². The molecule has 0 radical (unpaired) electrons. The summed E-state index contributed by atoms with van der Waals surface area (Å²) < 4.78 is 1.51. The van der Waals surface area contributed by atoms with Crippen LogP contribution in [0.4, 0.5) is 0 Å². The van der Waals surface area contributed by atoms with E-state index in [-0.39, 0.29) is 21.7 Å².